The molecule has 0 radical (unpaired) electrons. The van der Waals surface area contributed by atoms with Crippen molar-refractivity contribution >= 4 is 29.2 Å². The molecule has 2 aromatic rings. The summed E-state index contributed by atoms with van der Waals surface area (Å²) < 4.78 is 10.7. The normalized spacial score (nSPS) is 14.2. The number of piperazine rings is 1. The molecule has 0 atom stereocenters. The average Bonchev–Trinajstić information content (AvgIpc) is 2.73. The first kappa shape index (κ1) is 19.3. The standard InChI is InChI=1S/C19H24N4O3S/c1-4-26-18(24)14-13-20-19(27-3)21-17(14)23-11-9-22(10-12-23)15-7-5-6-8-16(15)25-2/h5-8,13H,4,9-12H2,1-3H3. The number of benzene rings is 1. The quantitative estimate of drug-likeness (QED) is 0.425. The van der Waals surface area contributed by atoms with Gasteiger partial charge in [-0.25, -0.2) is 14.8 Å². The van der Waals surface area contributed by atoms with E-state index >= 15 is 0 Å². The molecule has 1 aliphatic rings. The van der Waals surface area contributed by atoms with E-state index in [1.807, 2.05) is 24.5 Å². The zero-order valence-corrected chi connectivity index (χ0v) is 16.7. The van der Waals surface area contributed by atoms with Crippen LogP contribution in [0.15, 0.2) is 35.6 Å². The first-order valence-electron chi connectivity index (χ1n) is 8.89. The molecule has 1 fully saturated rings. The summed E-state index contributed by atoms with van der Waals surface area (Å²) >= 11 is 1.46. The lowest BCUT2D eigenvalue weighted by Crippen LogP contribution is -2.47. The van der Waals surface area contributed by atoms with Crippen molar-refractivity contribution < 1.29 is 14.3 Å². The Morgan fingerprint density at radius 1 is 1.19 bits per heavy atom. The van der Waals surface area contributed by atoms with E-state index in [0.29, 0.717) is 23.1 Å². The van der Waals surface area contributed by atoms with Crippen molar-refractivity contribution in [3.05, 3.63) is 36.0 Å². The van der Waals surface area contributed by atoms with Gasteiger partial charge in [0.25, 0.3) is 0 Å². The monoisotopic (exact) mass is 388 g/mol. The number of rotatable bonds is 6. The van der Waals surface area contributed by atoms with Crippen molar-refractivity contribution in [1.82, 2.24) is 9.97 Å². The maximum atomic E-state index is 12.3. The van der Waals surface area contributed by atoms with Crippen LogP contribution in [0.5, 0.6) is 5.75 Å². The lowest BCUT2D eigenvalue weighted by molar-refractivity contribution is 0.0526. The van der Waals surface area contributed by atoms with Gasteiger partial charge in [-0.3, -0.25) is 0 Å². The molecule has 3 rings (SSSR count). The minimum absolute atomic E-state index is 0.324. The zero-order chi connectivity index (χ0) is 19.2. The Kier molecular flexibility index (Phi) is 6.39. The predicted molar refractivity (Wildman–Crippen MR) is 107 cm³/mol. The molecule has 0 bridgehead atoms. The third-order valence-electron chi connectivity index (χ3n) is 4.43. The summed E-state index contributed by atoms with van der Waals surface area (Å²) in [5, 5.41) is 0.644. The number of para-hydroxylation sites is 2. The summed E-state index contributed by atoms with van der Waals surface area (Å²) in [6.45, 7) is 5.22. The van der Waals surface area contributed by atoms with Gasteiger partial charge in [-0.2, -0.15) is 0 Å². The van der Waals surface area contributed by atoms with E-state index < -0.39 is 0 Å². The molecule has 7 nitrogen and oxygen atoms in total. The highest BCUT2D eigenvalue weighted by molar-refractivity contribution is 7.98. The Bertz CT molecular complexity index is 794. The van der Waals surface area contributed by atoms with Crippen LogP contribution in [0.25, 0.3) is 0 Å². The second-order valence-corrected chi connectivity index (χ2v) is 6.73. The highest BCUT2D eigenvalue weighted by atomic mass is 32.2. The highest BCUT2D eigenvalue weighted by Crippen LogP contribution is 2.30. The van der Waals surface area contributed by atoms with E-state index in [2.05, 4.69) is 25.8 Å². The third-order valence-corrected chi connectivity index (χ3v) is 4.99. The number of aromatic nitrogens is 2. The van der Waals surface area contributed by atoms with Crippen LogP contribution in [0.2, 0.25) is 0 Å². The molecule has 1 saturated heterocycles. The van der Waals surface area contributed by atoms with Gasteiger partial charge in [0.05, 0.1) is 19.4 Å². The Balaban J connectivity index is 1.80. The predicted octanol–water partition coefficient (Wildman–Crippen LogP) is 2.71. The van der Waals surface area contributed by atoms with Gasteiger partial charge in [0.2, 0.25) is 0 Å². The molecule has 1 aromatic heterocycles. The molecule has 0 aliphatic carbocycles. The van der Waals surface area contributed by atoms with Crippen LogP contribution < -0.4 is 14.5 Å². The topological polar surface area (TPSA) is 67.8 Å². The van der Waals surface area contributed by atoms with E-state index in [1.54, 1.807) is 20.2 Å². The van der Waals surface area contributed by atoms with Gasteiger partial charge in [0, 0.05) is 32.4 Å². The van der Waals surface area contributed by atoms with Gasteiger partial charge in [-0.15, -0.1) is 0 Å². The number of carbonyl (C=O) groups is 1. The van der Waals surface area contributed by atoms with Crippen molar-refractivity contribution in [2.24, 2.45) is 0 Å². The van der Waals surface area contributed by atoms with E-state index in [-0.39, 0.29) is 5.97 Å². The zero-order valence-electron chi connectivity index (χ0n) is 15.8. The SMILES string of the molecule is CCOC(=O)c1cnc(SC)nc1N1CCN(c2ccccc2OC)CC1. The third kappa shape index (κ3) is 4.27. The van der Waals surface area contributed by atoms with E-state index in [9.17, 15) is 4.79 Å². The van der Waals surface area contributed by atoms with Crippen LogP contribution in [0, 0.1) is 0 Å². The molecule has 0 saturated carbocycles. The summed E-state index contributed by atoms with van der Waals surface area (Å²) in [5.74, 6) is 1.13. The Morgan fingerprint density at radius 3 is 2.56 bits per heavy atom. The molecule has 144 valence electrons. The van der Waals surface area contributed by atoms with Gasteiger partial charge >= 0.3 is 5.97 Å². The van der Waals surface area contributed by atoms with Crippen LogP contribution >= 0.6 is 11.8 Å². The molecule has 2 heterocycles. The fourth-order valence-electron chi connectivity index (χ4n) is 3.10. The van der Waals surface area contributed by atoms with Crippen molar-refractivity contribution in [2.45, 2.75) is 12.1 Å². The minimum Gasteiger partial charge on any atom is -0.495 e. The molecule has 0 unspecified atom stereocenters. The number of hydrogen-bond acceptors (Lipinski definition) is 8. The molecule has 8 heteroatoms. The first-order chi connectivity index (χ1) is 13.2. The molecule has 0 N–H and O–H groups in total. The Morgan fingerprint density at radius 2 is 1.89 bits per heavy atom. The molecular formula is C19H24N4O3S. The number of nitrogens with zero attached hydrogens (tertiary/aromatic N) is 4. The van der Waals surface area contributed by atoms with Crippen molar-refractivity contribution in [1.29, 1.82) is 0 Å². The number of esters is 1. The van der Waals surface area contributed by atoms with Crippen LogP contribution in [-0.2, 0) is 4.74 Å². The number of hydrogen-bond donors (Lipinski definition) is 0. The summed E-state index contributed by atoms with van der Waals surface area (Å²) in [5.41, 5.74) is 1.50. The summed E-state index contributed by atoms with van der Waals surface area (Å²) in [4.78, 5) is 25.5. The van der Waals surface area contributed by atoms with Gasteiger partial charge in [0.1, 0.15) is 17.1 Å². The molecule has 27 heavy (non-hydrogen) atoms. The maximum absolute atomic E-state index is 12.3. The number of ether oxygens (including phenoxy) is 2. The minimum atomic E-state index is -0.382. The van der Waals surface area contributed by atoms with Crippen molar-refractivity contribution in [3.63, 3.8) is 0 Å². The van der Waals surface area contributed by atoms with E-state index in [1.165, 1.54) is 11.8 Å². The van der Waals surface area contributed by atoms with Gasteiger partial charge in [-0.05, 0) is 25.3 Å². The van der Waals surface area contributed by atoms with Crippen LogP contribution in [0.3, 0.4) is 0 Å². The second-order valence-electron chi connectivity index (χ2n) is 5.96. The van der Waals surface area contributed by atoms with Crippen molar-refractivity contribution in [2.75, 3.05) is 56.0 Å². The number of thioether (sulfide) groups is 1. The maximum Gasteiger partial charge on any atom is 0.343 e. The average molecular weight is 388 g/mol. The summed E-state index contributed by atoms with van der Waals surface area (Å²) in [6.07, 6.45) is 3.49. The fourth-order valence-corrected chi connectivity index (χ4v) is 3.44. The number of carbonyl (C=O) groups excluding carboxylic acids is 1. The fraction of sp³-hybridized carbons (Fsp3) is 0.421. The molecule has 0 amide bonds. The van der Waals surface area contributed by atoms with Gasteiger partial charge in [0.15, 0.2) is 5.16 Å². The first-order valence-corrected chi connectivity index (χ1v) is 10.1. The highest BCUT2D eigenvalue weighted by Gasteiger charge is 2.25. The van der Waals surface area contributed by atoms with Gasteiger partial charge in [-0.1, -0.05) is 23.9 Å². The summed E-state index contributed by atoms with van der Waals surface area (Å²) in [7, 11) is 1.69. The van der Waals surface area contributed by atoms with E-state index in [4.69, 9.17) is 9.47 Å². The summed E-state index contributed by atoms with van der Waals surface area (Å²) in [6, 6.07) is 8.01. The van der Waals surface area contributed by atoms with Gasteiger partial charge < -0.3 is 19.3 Å². The molecule has 0 spiro atoms. The van der Waals surface area contributed by atoms with Crippen molar-refractivity contribution in [3.8, 4) is 5.75 Å². The van der Waals surface area contributed by atoms with Crippen LogP contribution in [-0.4, -0.2) is 62.1 Å². The van der Waals surface area contributed by atoms with E-state index in [0.717, 1.165) is 37.6 Å². The lowest BCUT2D eigenvalue weighted by Gasteiger charge is -2.37. The molecule has 1 aromatic carbocycles. The molecule has 1 aliphatic heterocycles. The van der Waals surface area contributed by atoms with Crippen LogP contribution in [0.1, 0.15) is 17.3 Å². The molecular weight excluding hydrogens is 364 g/mol. The Hall–Kier alpha value is -2.48. The largest absolute Gasteiger partial charge is 0.495 e. The number of methoxy groups -OCH3 is 1. The smallest absolute Gasteiger partial charge is 0.343 e. The lowest BCUT2D eigenvalue weighted by atomic mass is 10.2. The second kappa shape index (κ2) is 8.94. The Labute approximate surface area is 163 Å². The number of anilines is 2. The van der Waals surface area contributed by atoms with Crippen LogP contribution in [0.4, 0.5) is 11.5 Å².